The van der Waals surface area contributed by atoms with Gasteiger partial charge in [-0.1, -0.05) is 252 Å². The Bertz CT molecular complexity index is 1350. The fraction of sp³-hybridized carbons (Fsp3) is 0.950. The number of hydrogen-bond acceptors (Lipinski definition) is 14. The first-order valence-electron chi connectivity index (χ1n) is 30.9. The standard InChI is InChI=1S/C60H112O14/c1-4-7-10-13-16-19-22-25-28-31-34-37-40-43-51(61)69-46-49-54(64)56(66)57(67)59(72-49)74-60(48-71-53(63)45-42-39-36-33-30-27-24-21-18-15-12-9-6-3)58(68)55(65)50(73-60)47-70-52(62)44-41-38-35-32-29-26-23-20-17-14-11-8-5-2/h49-50,54-59,64-68H,4-48H2,1-3H3/t49-,50-,54-,55-,56+,57-,58+,59-,60+/m1/s1. The third kappa shape index (κ3) is 31.5. The van der Waals surface area contributed by atoms with E-state index in [9.17, 15) is 39.9 Å². The molecule has 2 heterocycles. The van der Waals surface area contributed by atoms with Crippen molar-refractivity contribution in [2.24, 2.45) is 0 Å². The molecule has 2 aliphatic heterocycles. The SMILES string of the molecule is CCCCCCCCCCCCCCCC(=O)OC[C@H]1O[C@@](COC(=O)CCCCCCCCCCCCCCC)(O[C@H]2O[C@H](COC(=O)CCCCCCCCCCCCCCC)[C@@H](O)[C@H](O)[C@H]2O)[C@@H](O)[C@@H]1O. The van der Waals surface area contributed by atoms with Gasteiger partial charge >= 0.3 is 17.9 Å². The average molecular weight is 1060 g/mol. The third-order valence-electron chi connectivity index (χ3n) is 15.2. The number of ether oxygens (including phenoxy) is 6. The first kappa shape index (κ1) is 68.2. The summed E-state index contributed by atoms with van der Waals surface area (Å²) in [5.41, 5.74) is 0. The van der Waals surface area contributed by atoms with Gasteiger partial charge in [0.05, 0.1) is 0 Å². The molecule has 2 aliphatic rings. The maximum Gasteiger partial charge on any atom is 0.305 e. The number of carbonyl (C=O) groups is 3. The smallest absolute Gasteiger partial charge is 0.305 e. The van der Waals surface area contributed by atoms with Gasteiger partial charge in [-0.3, -0.25) is 14.4 Å². The lowest BCUT2D eigenvalue weighted by Crippen LogP contribution is -2.63. The molecule has 14 nitrogen and oxygen atoms in total. The summed E-state index contributed by atoms with van der Waals surface area (Å²) in [6.45, 7) is 5.05. The Labute approximate surface area is 449 Å². The zero-order valence-electron chi connectivity index (χ0n) is 47.3. The van der Waals surface area contributed by atoms with Gasteiger partial charge in [-0.25, -0.2) is 0 Å². The van der Waals surface area contributed by atoms with E-state index in [0.29, 0.717) is 19.3 Å². The van der Waals surface area contributed by atoms with E-state index in [1.54, 1.807) is 0 Å². The zero-order chi connectivity index (χ0) is 53.9. The number of carbonyl (C=O) groups excluding carboxylic acids is 3. The summed E-state index contributed by atoms with van der Waals surface area (Å²) in [5.74, 6) is -3.93. The summed E-state index contributed by atoms with van der Waals surface area (Å²) in [7, 11) is 0. The molecule has 0 spiro atoms. The number of rotatable bonds is 50. The van der Waals surface area contributed by atoms with Gasteiger partial charge in [0.1, 0.15) is 62.5 Å². The molecule has 0 saturated carbocycles. The molecule has 0 aromatic carbocycles. The van der Waals surface area contributed by atoms with Crippen LogP contribution in [0, 0.1) is 0 Å². The second-order valence-electron chi connectivity index (χ2n) is 22.0. The van der Waals surface area contributed by atoms with E-state index in [4.69, 9.17) is 28.4 Å². The quantitative estimate of drug-likeness (QED) is 0.0218. The molecular formula is C60H112O14. The first-order valence-corrected chi connectivity index (χ1v) is 30.9. The van der Waals surface area contributed by atoms with Crippen molar-refractivity contribution in [3.8, 4) is 0 Å². The van der Waals surface area contributed by atoms with E-state index >= 15 is 0 Å². The largest absolute Gasteiger partial charge is 0.463 e. The number of hydrogen-bond donors (Lipinski definition) is 5. The molecule has 0 unspecified atom stereocenters. The monoisotopic (exact) mass is 1060 g/mol. The van der Waals surface area contributed by atoms with Crippen LogP contribution in [0.3, 0.4) is 0 Å². The van der Waals surface area contributed by atoms with Crippen LogP contribution in [0.15, 0.2) is 0 Å². The van der Waals surface area contributed by atoms with Crippen LogP contribution in [0.25, 0.3) is 0 Å². The number of aliphatic hydroxyl groups is 5. The van der Waals surface area contributed by atoms with E-state index < -0.39 is 92.5 Å². The number of unbranched alkanes of at least 4 members (excludes halogenated alkanes) is 36. The Hall–Kier alpha value is -1.91. The molecule has 2 saturated heterocycles. The summed E-state index contributed by atoms with van der Waals surface area (Å²) in [6, 6.07) is 0. The average Bonchev–Trinajstić information content (AvgIpc) is 3.63. The third-order valence-corrected chi connectivity index (χ3v) is 15.2. The lowest BCUT2D eigenvalue weighted by Gasteiger charge is -2.43. The molecule has 0 radical (unpaired) electrons. The topological polar surface area (TPSA) is 208 Å². The summed E-state index contributed by atoms with van der Waals surface area (Å²) in [4.78, 5) is 38.7. The van der Waals surface area contributed by atoms with E-state index in [1.165, 1.54) is 167 Å². The highest BCUT2D eigenvalue weighted by Crippen LogP contribution is 2.37. The van der Waals surface area contributed by atoms with Gasteiger partial charge in [0.25, 0.3) is 0 Å². The Morgan fingerprint density at radius 2 is 0.662 bits per heavy atom. The van der Waals surface area contributed by atoms with Gasteiger partial charge in [0.15, 0.2) is 6.29 Å². The highest BCUT2D eigenvalue weighted by Gasteiger charge is 2.60. The Morgan fingerprint density at radius 3 is 1.00 bits per heavy atom. The summed E-state index contributed by atoms with van der Waals surface area (Å²) < 4.78 is 34.6. The van der Waals surface area contributed by atoms with Gasteiger partial charge in [-0.15, -0.1) is 0 Å². The molecular weight excluding hydrogens is 945 g/mol. The van der Waals surface area contributed by atoms with Gasteiger partial charge in [0, 0.05) is 19.3 Å². The predicted octanol–water partition coefficient (Wildman–Crippen LogP) is 12.7. The van der Waals surface area contributed by atoms with Crippen LogP contribution in [-0.4, -0.2) is 118 Å². The number of esters is 3. The predicted molar refractivity (Wildman–Crippen MR) is 291 cm³/mol. The van der Waals surface area contributed by atoms with E-state index in [0.717, 1.165) is 64.2 Å². The molecule has 5 N–H and O–H groups in total. The van der Waals surface area contributed by atoms with Crippen molar-refractivity contribution in [1.29, 1.82) is 0 Å². The minimum Gasteiger partial charge on any atom is -0.463 e. The van der Waals surface area contributed by atoms with Gasteiger partial charge < -0.3 is 54.0 Å². The minimum atomic E-state index is -2.35. The normalized spacial score (nSPS) is 23.8. The van der Waals surface area contributed by atoms with Crippen LogP contribution < -0.4 is 0 Å². The highest BCUT2D eigenvalue weighted by molar-refractivity contribution is 5.70. The Kier molecular flexibility index (Phi) is 41.5. The van der Waals surface area contributed by atoms with Gasteiger partial charge in [0.2, 0.25) is 5.79 Å². The first-order chi connectivity index (χ1) is 36.0. The van der Waals surface area contributed by atoms with Crippen LogP contribution in [0.1, 0.15) is 290 Å². The molecule has 2 rings (SSSR count). The van der Waals surface area contributed by atoms with E-state index in [1.807, 2.05) is 0 Å². The van der Waals surface area contributed by atoms with Crippen molar-refractivity contribution >= 4 is 17.9 Å². The fourth-order valence-corrected chi connectivity index (χ4v) is 10.2. The molecule has 9 atom stereocenters. The summed E-state index contributed by atoms with van der Waals surface area (Å²) in [5, 5.41) is 55.7. The lowest BCUT2D eigenvalue weighted by molar-refractivity contribution is -0.383. The minimum absolute atomic E-state index is 0.0902. The molecule has 14 heteroatoms. The molecule has 0 amide bonds. The van der Waals surface area contributed by atoms with Crippen LogP contribution in [0.2, 0.25) is 0 Å². The van der Waals surface area contributed by atoms with Crippen molar-refractivity contribution in [1.82, 2.24) is 0 Å². The molecule has 0 aromatic heterocycles. The second kappa shape index (κ2) is 45.0. The fourth-order valence-electron chi connectivity index (χ4n) is 10.2. The van der Waals surface area contributed by atoms with E-state index in [2.05, 4.69) is 20.8 Å². The summed E-state index contributed by atoms with van der Waals surface area (Å²) in [6.07, 6.45) is 32.4. The second-order valence-corrected chi connectivity index (χ2v) is 22.0. The van der Waals surface area contributed by atoms with Crippen molar-refractivity contribution in [2.45, 2.75) is 345 Å². The lowest BCUT2D eigenvalue weighted by atomic mass is 9.99. The van der Waals surface area contributed by atoms with Crippen molar-refractivity contribution in [3.05, 3.63) is 0 Å². The Balaban J connectivity index is 1.90. The van der Waals surface area contributed by atoms with Gasteiger partial charge in [-0.2, -0.15) is 0 Å². The van der Waals surface area contributed by atoms with Gasteiger partial charge in [-0.05, 0) is 19.3 Å². The molecule has 74 heavy (non-hydrogen) atoms. The van der Waals surface area contributed by atoms with Crippen molar-refractivity contribution < 1.29 is 68.3 Å². The molecule has 0 aliphatic carbocycles. The maximum absolute atomic E-state index is 13.1. The molecule has 436 valence electrons. The van der Waals surface area contributed by atoms with E-state index in [-0.39, 0.29) is 19.3 Å². The molecule has 0 bridgehead atoms. The molecule has 2 fully saturated rings. The number of aliphatic hydroxyl groups excluding tert-OH is 5. The molecule has 0 aromatic rings. The van der Waals surface area contributed by atoms with Crippen LogP contribution in [0.5, 0.6) is 0 Å². The van der Waals surface area contributed by atoms with Crippen LogP contribution in [-0.2, 0) is 42.8 Å². The van der Waals surface area contributed by atoms with Crippen LogP contribution >= 0.6 is 0 Å². The Morgan fingerprint density at radius 1 is 0.365 bits per heavy atom. The summed E-state index contributed by atoms with van der Waals surface area (Å²) >= 11 is 0. The van der Waals surface area contributed by atoms with Crippen molar-refractivity contribution in [3.63, 3.8) is 0 Å². The zero-order valence-corrected chi connectivity index (χ0v) is 47.3. The van der Waals surface area contributed by atoms with Crippen molar-refractivity contribution in [2.75, 3.05) is 19.8 Å². The maximum atomic E-state index is 13.1. The van der Waals surface area contributed by atoms with Crippen LogP contribution in [0.4, 0.5) is 0 Å². The highest BCUT2D eigenvalue weighted by atomic mass is 16.8.